The van der Waals surface area contributed by atoms with Crippen LogP contribution in [0.5, 0.6) is 0 Å². The summed E-state index contributed by atoms with van der Waals surface area (Å²) >= 11 is 0. The molecule has 0 aliphatic rings. The largest absolute Gasteiger partial charge is 0.305 e. The van der Waals surface area contributed by atoms with Crippen molar-refractivity contribution < 1.29 is 0 Å². The second-order valence-corrected chi connectivity index (χ2v) is 3.95. The average Bonchev–Trinajstić information content (AvgIpc) is 2.36. The lowest BCUT2D eigenvalue weighted by atomic mass is 10.0. The van der Waals surface area contributed by atoms with Crippen LogP contribution in [-0.4, -0.2) is 0 Å². The number of fused-ring (bicyclic) bond motifs is 2. The Balaban J connectivity index is 2.32. The van der Waals surface area contributed by atoms with Gasteiger partial charge in [0.1, 0.15) is 0 Å². The Kier molecular flexibility index (Phi) is 2.22. The standard InChI is InChI=1S/C14H11N3/c15-17-16-14-6-5-12-7-10-3-1-2-4-11(10)8-13(12)9-14/h1-9H,(H2,15,16). The van der Waals surface area contributed by atoms with E-state index < -0.39 is 0 Å². The van der Waals surface area contributed by atoms with Gasteiger partial charge in [0, 0.05) is 0 Å². The molecule has 0 aliphatic carbocycles. The second kappa shape index (κ2) is 3.87. The van der Waals surface area contributed by atoms with Crippen molar-refractivity contribution in [3.05, 3.63) is 54.6 Å². The van der Waals surface area contributed by atoms with Gasteiger partial charge in [-0.05, 0) is 45.8 Å². The summed E-state index contributed by atoms with van der Waals surface area (Å²) in [6, 6.07) is 18.6. The van der Waals surface area contributed by atoms with Crippen molar-refractivity contribution in [2.24, 2.45) is 16.2 Å². The molecule has 3 aromatic rings. The van der Waals surface area contributed by atoms with Gasteiger partial charge in [-0.25, -0.2) is 0 Å². The smallest absolute Gasteiger partial charge is 0.0880 e. The molecule has 2 N–H and O–H groups in total. The molecule has 0 heterocycles. The predicted octanol–water partition coefficient (Wildman–Crippen LogP) is 3.95. The van der Waals surface area contributed by atoms with Crippen LogP contribution in [-0.2, 0) is 0 Å². The maximum absolute atomic E-state index is 5.05. The van der Waals surface area contributed by atoms with Crippen molar-refractivity contribution in [1.29, 1.82) is 0 Å². The molecule has 0 bridgehead atoms. The van der Waals surface area contributed by atoms with E-state index in [1.165, 1.54) is 16.2 Å². The summed E-state index contributed by atoms with van der Waals surface area (Å²) < 4.78 is 0. The van der Waals surface area contributed by atoms with Crippen molar-refractivity contribution in [2.45, 2.75) is 0 Å². The molecule has 0 atom stereocenters. The quantitative estimate of drug-likeness (QED) is 0.287. The SMILES string of the molecule is NN=Nc1ccc2cc3ccccc3cc2c1. The lowest BCUT2D eigenvalue weighted by Gasteiger charge is -2.02. The summed E-state index contributed by atoms with van der Waals surface area (Å²) in [4.78, 5) is 0. The molecule has 3 heteroatoms. The summed E-state index contributed by atoms with van der Waals surface area (Å²) in [6.07, 6.45) is 0. The van der Waals surface area contributed by atoms with Gasteiger partial charge in [-0.15, -0.1) is 5.11 Å². The van der Waals surface area contributed by atoms with Crippen LogP contribution in [0.2, 0.25) is 0 Å². The molecule has 0 spiro atoms. The van der Waals surface area contributed by atoms with Crippen LogP contribution < -0.4 is 5.84 Å². The van der Waals surface area contributed by atoms with Gasteiger partial charge in [0.2, 0.25) is 0 Å². The third kappa shape index (κ3) is 1.72. The third-order valence-electron chi connectivity index (χ3n) is 2.86. The maximum Gasteiger partial charge on any atom is 0.0880 e. The van der Waals surface area contributed by atoms with Crippen LogP contribution in [0.25, 0.3) is 21.5 Å². The fraction of sp³-hybridized carbons (Fsp3) is 0. The van der Waals surface area contributed by atoms with E-state index in [0.717, 1.165) is 11.1 Å². The fourth-order valence-corrected chi connectivity index (χ4v) is 2.06. The lowest BCUT2D eigenvalue weighted by molar-refractivity contribution is 1.06. The molecule has 0 unspecified atom stereocenters. The van der Waals surface area contributed by atoms with Crippen LogP contribution in [0, 0.1) is 0 Å². The molecule has 0 fully saturated rings. The van der Waals surface area contributed by atoms with Gasteiger partial charge in [-0.3, -0.25) is 0 Å². The number of rotatable bonds is 1. The Labute approximate surface area is 98.6 Å². The van der Waals surface area contributed by atoms with E-state index in [1.807, 2.05) is 30.3 Å². The molecular formula is C14H11N3. The van der Waals surface area contributed by atoms with Gasteiger partial charge >= 0.3 is 0 Å². The van der Waals surface area contributed by atoms with Crippen LogP contribution >= 0.6 is 0 Å². The van der Waals surface area contributed by atoms with Crippen molar-refractivity contribution in [1.82, 2.24) is 0 Å². The summed E-state index contributed by atoms with van der Waals surface area (Å²) in [7, 11) is 0. The summed E-state index contributed by atoms with van der Waals surface area (Å²) in [6.45, 7) is 0. The van der Waals surface area contributed by atoms with Crippen LogP contribution in [0.1, 0.15) is 0 Å². The zero-order chi connectivity index (χ0) is 11.7. The van der Waals surface area contributed by atoms with E-state index in [-0.39, 0.29) is 0 Å². The third-order valence-corrected chi connectivity index (χ3v) is 2.86. The van der Waals surface area contributed by atoms with Crippen molar-refractivity contribution in [3.8, 4) is 0 Å². The zero-order valence-electron chi connectivity index (χ0n) is 9.17. The minimum absolute atomic E-state index is 0.773. The highest BCUT2D eigenvalue weighted by Crippen LogP contribution is 2.26. The first-order chi connectivity index (χ1) is 8.36. The monoisotopic (exact) mass is 221 g/mol. The minimum atomic E-state index is 0.773. The van der Waals surface area contributed by atoms with Crippen LogP contribution in [0.15, 0.2) is 64.9 Å². The second-order valence-electron chi connectivity index (χ2n) is 3.95. The van der Waals surface area contributed by atoms with E-state index in [0.29, 0.717) is 0 Å². The van der Waals surface area contributed by atoms with Gasteiger partial charge in [-0.2, -0.15) is 0 Å². The molecule has 0 aliphatic heterocycles. The van der Waals surface area contributed by atoms with Gasteiger partial charge in [0.05, 0.1) is 5.69 Å². The van der Waals surface area contributed by atoms with Crippen LogP contribution in [0.3, 0.4) is 0 Å². The Hall–Kier alpha value is -2.42. The Morgan fingerprint density at radius 1 is 0.706 bits per heavy atom. The van der Waals surface area contributed by atoms with Gasteiger partial charge in [-0.1, -0.05) is 35.6 Å². The highest BCUT2D eigenvalue weighted by atomic mass is 15.3. The summed E-state index contributed by atoms with van der Waals surface area (Å²) in [5.74, 6) is 5.05. The zero-order valence-corrected chi connectivity index (χ0v) is 9.17. The Bertz CT molecular complexity index is 717. The molecule has 17 heavy (non-hydrogen) atoms. The van der Waals surface area contributed by atoms with E-state index in [4.69, 9.17) is 5.84 Å². The first-order valence-corrected chi connectivity index (χ1v) is 5.40. The first-order valence-electron chi connectivity index (χ1n) is 5.40. The Morgan fingerprint density at radius 2 is 1.35 bits per heavy atom. The maximum atomic E-state index is 5.05. The molecule has 0 saturated heterocycles. The fourth-order valence-electron chi connectivity index (χ4n) is 2.06. The molecule has 0 radical (unpaired) electrons. The lowest BCUT2D eigenvalue weighted by Crippen LogP contribution is -1.77. The summed E-state index contributed by atoms with van der Waals surface area (Å²) in [5.41, 5.74) is 0.773. The van der Waals surface area contributed by atoms with E-state index in [2.05, 4.69) is 34.6 Å². The number of hydrogen-bond acceptors (Lipinski definition) is 2. The number of hydrogen-bond donors (Lipinski definition) is 1. The van der Waals surface area contributed by atoms with Crippen molar-refractivity contribution >= 4 is 27.2 Å². The molecular weight excluding hydrogens is 210 g/mol. The number of benzene rings is 3. The predicted molar refractivity (Wildman–Crippen MR) is 70.2 cm³/mol. The van der Waals surface area contributed by atoms with E-state index >= 15 is 0 Å². The number of nitrogens with zero attached hydrogens (tertiary/aromatic N) is 2. The molecule has 3 nitrogen and oxygen atoms in total. The molecule has 0 amide bonds. The topological polar surface area (TPSA) is 50.7 Å². The average molecular weight is 221 g/mol. The Morgan fingerprint density at radius 3 is 2.06 bits per heavy atom. The molecule has 0 aromatic heterocycles. The normalized spacial score (nSPS) is 11.5. The minimum Gasteiger partial charge on any atom is -0.305 e. The van der Waals surface area contributed by atoms with Gasteiger partial charge < -0.3 is 5.84 Å². The van der Waals surface area contributed by atoms with Gasteiger partial charge in [0.25, 0.3) is 0 Å². The number of nitrogens with two attached hydrogens (primary N) is 1. The molecule has 0 saturated carbocycles. The van der Waals surface area contributed by atoms with Gasteiger partial charge in [0.15, 0.2) is 0 Å². The first kappa shape index (κ1) is 9.78. The molecule has 3 aromatic carbocycles. The molecule has 82 valence electrons. The molecule has 3 rings (SSSR count). The summed E-state index contributed by atoms with van der Waals surface area (Å²) in [5, 5.41) is 11.9. The highest BCUT2D eigenvalue weighted by Gasteiger charge is 1.98. The van der Waals surface area contributed by atoms with E-state index in [1.54, 1.807) is 0 Å². The highest BCUT2D eigenvalue weighted by molar-refractivity contribution is 5.99. The van der Waals surface area contributed by atoms with Crippen molar-refractivity contribution in [3.63, 3.8) is 0 Å². The van der Waals surface area contributed by atoms with Crippen LogP contribution in [0.4, 0.5) is 5.69 Å². The van der Waals surface area contributed by atoms with E-state index in [9.17, 15) is 0 Å². The van der Waals surface area contributed by atoms with Crippen molar-refractivity contribution in [2.75, 3.05) is 0 Å².